The summed E-state index contributed by atoms with van der Waals surface area (Å²) in [5, 5.41) is 3.00. The lowest BCUT2D eigenvalue weighted by Gasteiger charge is -2.38. The van der Waals surface area contributed by atoms with Crippen molar-refractivity contribution in [3.8, 4) is 0 Å². The van der Waals surface area contributed by atoms with Crippen molar-refractivity contribution in [2.45, 2.75) is 69.4 Å². The second-order valence-electron chi connectivity index (χ2n) is 8.88. The first-order valence-electron chi connectivity index (χ1n) is 10.6. The summed E-state index contributed by atoms with van der Waals surface area (Å²) in [5.74, 6) is 0.435. The Labute approximate surface area is 161 Å². The highest BCUT2D eigenvalue weighted by Crippen LogP contribution is 2.33. The molecule has 0 radical (unpaired) electrons. The minimum atomic E-state index is -0.696. The van der Waals surface area contributed by atoms with Crippen LogP contribution in [0.3, 0.4) is 0 Å². The Morgan fingerprint density at radius 1 is 0.963 bits per heavy atom. The molecule has 4 fully saturated rings. The van der Waals surface area contributed by atoms with Crippen LogP contribution in [0.2, 0.25) is 0 Å². The lowest BCUT2D eigenvalue weighted by Crippen LogP contribution is -2.55. The number of carbonyl (C=O) groups excluding carboxylic acids is 3. The second kappa shape index (κ2) is 7.41. The van der Waals surface area contributed by atoms with E-state index in [-0.39, 0.29) is 29.8 Å². The molecule has 0 aromatic rings. The predicted octanol–water partition coefficient (Wildman–Crippen LogP) is 1.57. The van der Waals surface area contributed by atoms with Gasteiger partial charge >= 0.3 is 6.03 Å². The fourth-order valence-electron chi connectivity index (χ4n) is 5.26. The molecule has 0 aromatic carbocycles. The molecule has 4 rings (SSSR count). The van der Waals surface area contributed by atoms with Crippen molar-refractivity contribution in [2.24, 2.45) is 5.92 Å². The summed E-state index contributed by atoms with van der Waals surface area (Å²) < 4.78 is 0. The van der Waals surface area contributed by atoms with Gasteiger partial charge in [-0.1, -0.05) is 19.3 Å². The summed E-state index contributed by atoms with van der Waals surface area (Å²) in [4.78, 5) is 44.1. The van der Waals surface area contributed by atoms with Crippen molar-refractivity contribution in [1.29, 1.82) is 0 Å². The number of amides is 4. The molecule has 1 saturated carbocycles. The summed E-state index contributed by atoms with van der Waals surface area (Å²) >= 11 is 0. The smallest absolute Gasteiger partial charge is 0.325 e. The molecule has 150 valence electrons. The average molecular weight is 377 g/mol. The molecule has 7 heteroatoms. The van der Waals surface area contributed by atoms with Crippen molar-refractivity contribution in [3.05, 3.63) is 0 Å². The summed E-state index contributed by atoms with van der Waals surface area (Å²) in [5.41, 5.74) is -0.696. The summed E-state index contributed by atoms with van der Waals surface area (Å²) in [6.45, 7) is 2.97. The van der Waals surface area contributed by atoms with Crippen LogP contribution in [-0.2, 0) is 9.59 Å². The maximum absolute atomic E-state index is 13.1. The number of hydrogen-bond acceptors (Lipinski definition) is 4. The van der Waals surface area contributed by atoms with Gasteiger partial charge in [0.1, 0.15) is 5.54 Å². The third kappa shape index (κ3) is 3.46. The first kappa shape index (κ1) is 18.7. The number of imide groups is 1. The topological polar surface area (TPSA) is 73.0 Å². The first-order chi connectivity index (χ1) is 13.0. The highest BCUT2D eigenvalue weighted by Gasteiger charge is 2.54. The fourth-order valence-corrected chi connectivity index (χ4v) is 5.26. The van der Waals surface area contributed by atoms with E-state index in [4.69, 9.17) is 0 Å². The highest BCUT2D eigenvalue weighted by molar-refractivity contribution is 6.07. The Kier molecular flexibility index (Phi) is 5.14. The third-order valence-electron chi connectivity index (χ3n) is 7.13. The van der Waals surface area contributed by atoms with Gasteiger partial charge in [0.25, 0.3) is 5.91 Å². The van der Waals surface area contributed by atoms with E-state index in [1.165, 1.54) is 11.3 Å². The van der Waals surface area contributed by atoms with Crippen molar-refractivity contribution in [2.75, 3.05) is 33.2 Å². The molecule has 3 aliphatic heterocycles. The van der Waals surface area contributed by atoms with Crippen LogP contribution in [0.4, 0.5) is 4.79 Å². The van der Waals surface area contributed by atoms with E-state index in [1.54, 1.807) is 0 Å². The van der Waals surface area contributed by atoms with Gasteiger partial charge in [0.15, 0.2) is 0 Å². The van der Waals surface area contributed by atoms with Crippen LogP contribution < -0.4 is 5.32 Å². The zero-order valence-electron chi connectivity index (χ0n) is 16.4. The van der Waals surface area contributed by atoms with E-state index in [2.05, 4.69) is 10.2 Å². The molecule has 3 heterocycles. The van der Waals surface area contributed by atoms with E-state index >= 15 is 0 Å². The van der Waals surface area contributed by atoms with Crippen molar-refractivity contribution in [1.82, 2.24) is 20.0 Å². The highest BCUT2D eigenvalue weighted by atomic mass is 16.2. The van der Waals surface area contributed by atoms with Crippen LogP contribution in [0.1, 0.15) is 57.8 Å². The zero-order chi connectivity index (χ0) is 19.0. The molecule has 3 saturated heterocycles. The van der Waals surface area contributed by atoms with E-state index in [0.29, 0.717) is 38.8 Å². The Hall–Kier alpha value is -1.63. The molecule has 0 bridgehead atoms. The molecule has 7 nitrogen and oxygen atoms in total. The van der Waals surface area contributed by atoms with Gasteiger partial charge < -0.3 is 15.1 Å². The van der Waals surface area contributed by atoms with Crippen LogP contribution in [0.25, 0.3) is 0 Å². The van der Waals surface area contributed by atoms with Gasteiger partial charge in [-0.05, 0) is 45.6 Å². The monoisotopic (exact) mass is 376 g/mol. The molecule has 4 aliphatic rings. The van der Waals surface area contributed by atoms with Gasteiger partial charge in [0.2, 0.25) is 5.91 Å². The minimum Gasteiger partial charge on any atom is -0.342 e. The van der Waals surface area contributed by atoms with Crippen molar-refractivity contribution in [3.63, 3.8) is 0 Å². The first-order valence-corrected chi connectivity index (χ1v) is 10.6. The largest absolute Gasteiger partial charge is 0.342 e. The van der Waals surface area contributed by atoms with Crippen LogP contribution in [-0.4, -0.2) is 77.4 Å². The number of nitrogens with zero attached hydrogens (tertiary/aromatic N) is 3. The van der Waals surface area contributed by atoms with Gasteiger partial charge in [-0.15, -0.1) is 0 Å². The third-order valence-corrected chi connectivity index (χ3v) is 7.13. The van der Waals surface area contributed by atoms with E-state index in [9.17, 15) is 14.4 Å². The number of carbonyl (C=O) groups is 3. The molecular weight excluding hydrogens is 344 g/mol. The van der Waals surface area contributed by atoms with E-state index in [1.807, 2.05) is 11.9 Å². The van der Waals surface area contributed by atoms with Gasteiger partial charge in [-0.2, -0.15) is 0 Å². The van der Waals surface area contributed by atoms with Crippen molar-refractivity contribution >= 4 is 17.8 Å². The molecule has 1 spiro atoms. The molecule has 0 aromatic heterocycles. The molecule has 0 unspecified atom stereocenters. The lowest BCUT2D eigenvalue weighted by molar-refractivity contribution is -0.139. The van der Waals surface area contributed by atoms with E-state index in [0.717, 1.165) is 38.8 Å². The number of urea groups is 1. The Bertz CT molecular complexity index is 600. The zero-order valence-corrected chi connectivity index (χ0v) is 16.4. The SMILES string of the molecule is CN1CCC2(CC1)NC(=O)N(C1CCN(C(=O)C3CCCCC3)CC1)C2=O. The average Bonchev–Trinajstić information content (AvgIpc) is 2.94. The molecule has 1 aliphatic carbocycles. The van der Waals surface area contributed by atoms with Gasteiger partial charge in [0, 0.05) is 38.1 Å². The van der Waals surface area contributed by atoms with Crippen LogP contribution in [0.15, 0.2) is 0 Å². The maximum atomic E-state index is 13.1. The van der Waals surface area contributed by atoms with Crippen LogP contribution >= 0.6 is 0 Å². The number of rotatable bonds is 2. The summed E-state index contributed by atoms with van der Waals surface area (Å²) in [7, 11) is 2.05. The van der Waals surface area contributed by atoms with Gasteiger partial charge in [-0.25, -0.2) is 4.79 Å². The second-order valence-corrected chi connectivity index (χ2v) is 8.88. The predicted molar refractivity (Wildman–Crippen MR) is 101 cm³/mol. The fraction of sp³-hybridized carbons (Fsp3) is 0.850. The molecule has 0 atom stereocenters. The standard InChI is InChI=1S/C20H32N4O3/c1-22-13-9-20(10-14-22)18(26)24(19(27)21-20)16-7-11-23(12-8-16)17(25)15-5-3-2-4-6-15/h15-16H,2-14H2,1H3,(H,21,27). The number of nitrogens with one attached hydrogen (secondary N) is 1. The van der Waals surface area contributed by atoms with Gasteiger partial charge in [-0.3, -0.25) is 14.5 Å². The number of piperidine rings is 2. The quantitative estimate of drug-likeness (QED) is 0.743. The molecule has 4 amide bonds. The Morgan fingerprint density at radius 3 is 2.22 bits per heavy atom. The number of hydrogen-bond donors (Lipinski definition) is 1. The normalized spacial score (nSPS) is 28.0. The summed E-state index contributed by atoms with van der Waals surface area (Å²) in [6.07, 6.45) is 8.37. The van der Waals surface area contributed by atoms with Crippen LogP contribution in [0, 0.1) is 5.92 Å². The summed E-state index contributed by atoms with van der Waals surface area (Å²) in [6, 6.07) is -0.312. The lowest BCUT2D eigenvalue weighted by atomic mass is 9.86. The molecular formula is C20H32N4O3. The molecule has 27 heavy (non-hydrogen) atoms. The minimum absolute atomic E-state index is 0.0438. The van der Waals surface area contributed by atoms with Crippen molar-refractivity contribution < 1.29 is 14.4 Å². The Balaban J connectivity index is 1.36. The van der Waals surface area contributed by atoms with Crippen LogP contribution in [0.5, 0.6) is 0 Å². The Morgan fingerprint density at radius 2 is 1.59 bits per heavy atom. The number of likely N-dealkylation sites (tertiary alicyclic amines) is 2. The maximum Gasteiger partial charge on any atom is 0.325 e. The van der Waals surface area contributed by atoms with E-state index < -0.39 is 5.54 Å². The molecule has 1 N–H and O–H groups in total. The van der Waals surface area contributed by atoms with Gasteiger partial charge in [0.05, 0.1) is 0 Å².